The molecule has 0 bridgehead atoms. The molecule has 672 valence electrons. The molecule has 16 aromatic carbocycles. The average molecular weight is 1810 g/mol. The Bertz CT molecular complexity index is 6650. The predicted molar refractivity (Wildman–Crippen MR) is 577 cm³/mol. The molecule has 0 fully saturated rings. The quantitative estimate of drug-likeness (QED) is 0.124. The smallest absolute Gasteiger partial charge is 0.0714 e. The zero-order valence-corrected chi connectivity index (χ0v) is 84.7. The van der Waals surface area contributed by atoms with Crippen LogP contribution in [-0.4, -0.2) is 0 Å². The van der Waals surface area contributed by atoms with Crippen molar-refractivity contribution in [1.82, 2.24) is 0 Å². The van der Waals surface area contributed by atoms with E-state index < -0.39 is 10.8 Å². The van der Waals surface area contributed by atoms with Crippen molar-refractivity contribution in [3.8, 4) is 66.8 Å². The zero-order valence-electron chi connectivity index (χ0n) is 83.1. The van der Waals surface area contributed by atoms with E-state index in [4.69, 9.17) is 0 Å². The maximum atomic E-state index is 3.81. The molecule has 0 saturated carbocycles. The fourth-order valence-electron chi connectivity index (χ4n) is 19.5. The van der Waals surface area contributed by atoms with Crippen LogP contribution in [0.25, 0.3) is 66.8 Å². The van der Waals surface area contributed by atoms with Crippen LogP contribution in [0.5, 0.6) is 0 Å². The number of hydrogen-bond acceptors (Lipinski definition) is 2. The number of rotatable bonds is 13. The van der Waals surface area contributed by atoms with Crippen molar-refractivity contribution < 1.29 is 0 Å². The lowest BCUT2D eigenvalue weighted by atomic mass is 9.67. The summed E-state index contributed by atoms with van der Waals surface area (Å²) in [6.45, 7) is 55.3. The zero-order chi connectivity index (χ0) is 94.8. The van der Waals surface area contributed by atoms with Crippen LogP contribution in [0, 0.1) is 0 Å². The van der Waals surface area contributed by atoms with Gasteiger partial charge in [-0.25, -0.2) is 0 Å². The molecule has 0 saturated heterocycles. The van der Waals surface area contributed by atoms with Gasteiger partial charge in [-0.15, -0.1) is 0 Å². The number of halogens is 1. The van der Waals surface area contributed by atoms with Crippen molar-refractivity contribution >= 4 is 44.4 Å². The minimum atomic E-state index is -0.563. The van der Waals surface area contributed by atoms with Crippen LogP contribution >= 0.6 is 15.9 Å². The molecule has 0 amide bonds. The summed E-state index contributed by atoms with van der Waals surface area (Å²) < 4.78 is 1.14. The van der Waals surface area contributed by atoms with Crippen LogP contribution in [0.1, 0.15) is 255 Å². The van der Waals surface area contributed by atoms with Gasteiger partial charge in [0, 0.05) is 32.8 Å². The highest BCUT2D eigenvalue weighted by Crippen LogP contribution is 2.60. The van der Waals surface area contributed by atoms with Crippen molar-refractivity contribution in [2.45, 2.75) is 220 Å². The van der Waals surface area contributed by atoms with Crippen LogP contribution in [-0.2, 0) is 54.1 Å². The van der Waals surface area contributed by atoms with Crippen molar-refractivity contribution in [1.29, 1.82) is 0 Å². The van der Waals surface area contributed by atoms with Crippen LogP contribution in [0.2, 0.25) is 0 Å². The molecular weight excluding hydrogens is 1670 g/mol. The number of nitrogens with zero attached hydrogens (tertiary/aromatic N) is 1. The van der Waals surface area contributed by atoms with E-state index in [-0.39, 0.29) is 43.3 Å². The van der Waals surface area contributed by atoms with E-state index in [2.05, 4.69) is 550 Å². The first kappa shape index (κ1) is 93.8. The predicted octanol–water partition coefficient (Wildman–Crippen LogP) is 36.8. The lowest BCUT2D eigenvalue weighted by Crippen LogP contribution is -2.29. The molecule has 3 heteroatoms. The maximum Gasteiger partial charge on any atom is 0.0714 e. The summed E-state index contributed by atoms with van der Waals surface area (Å²) in [6.07, 6.45) is 0. The van der Waals surface area contributed by atoms with Gasteiger partial charge in [0.05, 0.1) is 16.5 Å². The fraction of sp³-hybridized carbons (Fsp3) is 0.262. The van der Waals surface area contributed by atoms with Gasteiger partial charge in [0.1, 0.15) is 0 Å². The monoisotopic (exact) mass is 1800 g/mol. The summed E-state index contributed by atoms with van der Waals surface area (Å²) in [5.41, 5.74) is 41.0. The number of benzene rings is 16. The lowest BCUT2D eigenvalue weighted by molar-refractivity contribution is 0.568. The van der Waals surface area contributed by atoms with E-state index in [9.17, 15) is 0 Å². The van der Waals surface area contributed by atoms with Gasteiger partial charge in [-0.2, -0.15) is 0 Å². The van der Waals surface area contributed by atoms with Crippen molar-refractivity contribution in [3.63, 3.8) is 0 Å². The number of para-hydroxylation sites is 1. The molecule has 133 heavy (non-hydrogen) atoms. The summed E-state index contributed by atoms with van der Waals surface area (Å²) in [6, 6.07) is 141. The third-order valence-electron chi connectivity index (χ3n) is 27.6. The van der Waals surface area contributed by atoms with Gasteiger partial charge in [0.25, 0.3) is 0 Å². The average Bonchev–Trinajstić information content (AvgIpc) is 1.54. The Morgan fingerprint density at radius 2 is 0.481 bits per heavy atom. The van der Waals surface area contributed by atoms with Crippen LogP contribution < -0.4 is 10.2 Å². The molecule has 16 aromatic rings. The Labute approximate surface area is 805 Å². The third-order valence-corrected chi connectivity index (χ3v) is 28.2. The molecule has 2 aliphatic rings. The number of fused-ring (bicyclic) bond motifs is 6. The number of hydrogen-bond donors (Lipinski definition) is 1. The van der Waals surface area contributed by atoms with Crippen molar-refractivity contribution in [2.75, 3.05) is 10.2 Å². The Balaban J connectivity index is 0.000000172. The van der Waals surface area contributed by atoms with Crippen molar-refractivity contribution in [3.05, 3.63) is 470 Å². The van der Waals surface area contributed by atoms with E-state index >= 15 is 0 Å². The second-order valence-electron chi connectivity index (χ2n) is 45.3. The molecule has 0 spiro atoms. The SMILES string of the molecule is Brc1ccccc1-c1ccccc1.CC(C)(C)c1ccc(C2(c3ccc(C(C)(C)C)cc3)c3ccccc3-c3ccc(N(c4ccc(-c5cc(C(C)(C)C)cc(C(C)(C)C)c5)cc4)c4ccccc4-c4ccccc4)cc32)cc1.CC(C)(C)c1ccc(C2(c3ccc(C(C)(C)C)cc3)c3ccccc3-c3ccc(Nc4ccc(-c5cc(C(C)(C)C)cc(C(C)(C)C)c5)cc4)cc32)cc1. The highest BCUT2D eigenvalue weighted by atomic mass is 79.9. The van der Waals surface area contributed by atoms with Gasteiger partial charge < -0.3 is 10.2 Å². The standard InChI is InChI=1S/C65H67N.C53H59N.C12H9Br/c1-61(2,3)47-28-32-49(33-29-47)65(50-34-30-48(31-35-50)62(4,5)6)58-24-18-16-23-56(58)57-39-38-54(43-59(57)65)66(60-25-19-17-22-55(60)45-20-14-13-15-21-45)53-36-26-44(27-37-53)46-40-51(63(7,8)9)42-52(41-46)64(10,11)12;1-49(2,3)37-19-23-39(24-20-37)53(40-25-21-38(22-26-40)50(4,5)6)47-16-14-13-15-45(47)46-30-29-44(34-48(46)53)54-43-27-17-35(18-28-43)36-31-41(51(7,8)9)33-42(32-36)52(10,11)12;13-12-9-5-4-8-11(12)10-6-2-1-3-7-10/h13-43H,1-12H3;13-34,54H,1-12H3;1-9H. The molecule has 2 aliphatic carbocycles. The van der Waals surface area contributed by atoms with Crippen LogP contribution in [0.4, 0.5) is 28.4 Å². The Kier molecular flexibility index (Phi) is 25.5. The lowest BCUT2D eigenvalue weighted by Gasteiger charge is -2.36. The number of nitrogens with one attached hydrogen (secondary N) is 1. The number of anilines is 5. The minimum Gasteiger partial charge on any atom is -0.356 e. The van der Waals surface area contributed by atoms with Gasteiger partial charge in [0.15, 0.2) is 0 Å². The van der Waals surface area contributed by atoms with Gasteiger partial charge >= 0.3 is 0 Å². The molecule has 0 heterocycles. The van der Waals surface area contributed by atoms with Gasteiger partial charge in [0.2, 0.25) is 0 Å². The maximum absolute atomic E-state index is 3.81. The first-order valence-corrected chi connectivity index (χ1v) is 48.7. The van der Waals surface area contributed by atoms with Gasteiger partial charge in [-0.1, -0.05) is 498 Å². The second-order valence-corrected chi connectivity index (χ2v) is 46.2. The molecule has 0 aliphatic heterocycles. The molecule has 18 rings (SSSR count). The Hall–Kier alpha value is -12.4. The molecule has 1 N–H and O–H groups in total. The van der Waals surface area contributed by atoms with Crippen molar-refractivity contribution in [2.24, 2.45) is 0 Å². The van der Waals surface area contributed by atoms with Gasteiger partial charge in [-0.05, 0) is 254 Å². The topological polar surface area (TPSA) is 15.3 Å². The largest absolute Gasteiger partial charge is 0.356 e. The van der Waals surface area contributed by atoms with Gasteiger partial charge in [-0.3, -0.25) is 0 Å². The Morgan fingerprint density at radius 3 is 0.850 bits per heavy atom. The van der Waals surface area contributed by atoms with E-state index in [1.165, 1.54) is 156 Å². The normalized spacial score (nSPS) is 13.4. The first-order valence-electron chi connectivity index (χ1n) is 47.9. The Morgan fingerprint density at radius 1 is 0.195 bits per heavy atom. The van der Waals surface area contributed by atoms with E-state index in [0.29, 0.717) is 0 Å². The van der Waals surface area contributed by atoms with Crippen LogP contribution in [0.15, 0.2) is 381 Å². The summed E-state index contributed by atoms with van der Waals surface area (Å²) >= 11 is 3.53. The first-order chi connectivity index (χ1) is 62.9. The molecule has 0 unspecified atom stereocenters. The molecular formula is C130H135BrN2. The molecule has 0 radical (unpaired) electrons. The van der Waals surface area contributed by atoms with Crippen LogP contribution in [0.3, 0.4) is 0 Å². The van der Waals surface area contributed by atoms with E-state index in [1.54, 1.807) is 0 Å². The molecule has 0 atom stereocenters. The second kappa shape index (κ2) is 36.2. The fourth-order valence-corrected chi connectivity index (χ4v) is 20.0. The minimum absolute atomic E-state index is 0.0274. The summed E-state index contributed by atoms with van der Waals surface area (Å²) in [5.74, 6) is 0. The summed E-state index contributed by atoms with van der Waals surface area (Å²) in [4.78, 5) is 2.48. The highest BCUT2D eigenvalue weighted by molar-refractivity contribution is 9.10. The molecule has 0 aromatic heterocycles. The summed E-state index contributed by atoms with van der Waals surface area (Å²) in [7, 11) is 0. The summed E-state index contributed by atoms with van der Waals surface area (Å²) in [5, 5.41) is 3.81. The molecule has 2 nitrogen and oxygen atoms in total. The van der Waals surface area contributed by atoms with E-state index in [0.717, 1.165) is 32.9 Å². The highest BCUT2D eigenvalue weighted by Gasteiger charge is 2.49. The third kappa shape index (κ3) is 19.2. The van der Waals surface area contributed by atoms with E-state index in [1.807, 2.05) is 18.2 Å².